The van der Waals surface area contributed by atoms with Crippen molar-refractivity contribution in [2.45, 2.75) is 27.7 Å². The Morgan fingerprint density at radius 1 is 0.968 bits per heavy atom. The maximum atomic E-state index is 13.2. The predicted octanol–water partition coefficient (Wildman–Crippen LogP) is 7.42. The monoisotopic (exact) mass is 486 g/mol. The topological polar surface area (TPSA) is 25.2 Å². The van der Waals surface area contributed by atoms with E-state index in [-0.39, 0.29) is 5.91 Å². The fourth-order valence-electron chi connectivity index (χ4n) is 3.83. The number of thiocarbonyl (C=S) groups is 1. The van der Waals surface area contributed by atoms with E-state index in [0.717, 1.165) is 39.5 Å². The number of rotatable bonds is 3. The summed E-state index contributed by atoms with van der Waals surface area (Å²) < 4.78 is 2.64. The molecule has 1 aliphatic heterocycles. The van der Waals surface area contributed by atoms with Gasteiger partial charge in [0.15, 0.2) is 4.32 Å². The Morgan fingerprint density at radius 2 is 1.71 bits per heavy atom. The smallest absolute Gasteiger partial charge is 0.270 e. The molecule has 1 fully saturated rings. The van der Waals surface area contributed by atoms with Gasteiger partial charge in [-0.25, -0.2) is 0 Å². The van der Waals surface area contributed by atoms with E-state index in [1.807, 2.05) is 58.0 Å². The minimum absolute atomic E-state index is 0.0960. The van der Waals surface area contributed by atoms with E-state index in [1.165, 1.54) is 11.8 Å². The van der Waals surface area contributed by atoms with Crippen LogP contribution in [0.25, 0.3) is 11.8 Å². The molecule has 0 spiro atoms. The third-order valence-corrected chi connectivity index (χ3v) is 7.35. The van der Waals surface area contributed by atoms with Crippen molar-refractivity contribution in [3.63, 3.8) is 0 Å². The standard InChI is InChI=1S/C24H20Cl2N2OS2/c1-13-5-8-21(14(2)9-13)28-23(29)22(31-24(28)30)11-17-10-15(3)27(16(17)4)18-6-7-19(25)20(26)12-18/h5-12H,1-4H3/b22-11+. The summed E-state index contributed by atoms with van der Waals surface area (Å²) in [4.78, 5) is 15.5. The van der Waals surface area contributed by atoms with E-state index < -0.39 is 0 Å². The number of benzene rings is 2. The molecule has 7 heteroatoms. The van der Waals surface area contributed by atoms with Crippen molar-refractivity contribution in [3.05, 3.63) is 85.5 Å². The zero-order chi connectivity index (χ0) is 22.4. The molecule has 0 radical (unpaired) electrons. The first kappa shape index (κ1) is 22.2. The molecule has 3 nitrogen and oxygen atoms in total. The van der Waals surface area contributed by atoms with Gasteiger partial charge in [0.1, 0.15) is 0 Å². The molecular formula is C24H20Cl2N2OS2. The lowest BCUT2D eigenvalue weighted by Gasteiger charge is -2.17. The quantitative estimate of drug-likeness (QED) is 0.284. The summed E-state index contributed by atoms with van der Waals surface area (Å²) in [5.41, 5.74) is 6.93. The Bertz CT molecular complexity index is 1280. The lowest BCUT2D eigenvalue weighted by Crippen LogP contribution is -2.28. The molecule has 158 valence electrons. The highest BCUT2D eigenvalue weighted by atomic mass is 35.5. The van der Waals surface area contributed by atoms with Crippen LogP contribution in [0.15, 0.2) is 47.4 Å². The van der Waals surface area contributed by atoms with Crippen LogP contribution in [0.4, 0.5) is 5.69 Å². The van der Waals surface area contributed by atoms with Crippen molar-refractivity contribution in [1.29, 1.82) is 0 Å². The number of carbonyl (C=O) groups is 1. The summed E-state index contributed by atoms with van der Waals surface area (Å²) in [5.74, 6) is -0.0960. The van der Waals surface area contributed by atoms with Gasteiger partial charge in [-0.2, -0.15) is 0 Å². The van der Waals surface area contributed by atoms with Gasteiger partial charge in [-0.3, -0.25) is 9.69 Å². The Kier molecular flexibility index (Phi) is 6.05. The number of thioether (sulfide) groups is 1. The largest absolute Gasteiger partial charge is 0.318 e. The average molecular weight is 487 g/mol. The Balaban J connectivity index is 1.72. The number of anilines is 1. The number of hydrogen-bond acceptors (Lipinski definition) is 3. The molecule has 0 aliphatic carbocycles. The second kappa shape index (κ2) is 8.47. The number of carbonyl (C=O) groups excluding carboxylic acids is 1. The van der Waals surface area contributed by atoms with Gasteiger partial charge in [-0.05, 0) is 75.2 Å². The first-order valence-electron chi connectivity index (χ1n) is 9.67. The van der Waals surface area contributed by atoms with Crippen LogP contribution in [0.2, 0.25) is 10.0 Å². The summed E-state index contributed by atoms with van der Waals surface area (Å²) >= 11 is 19.2. The minimum atomic E-state index is -0.0960. The molecule has 31 heavy (non-hydrogen) atoms. The molecule has 2 aromatic carbocycles. The van der Waals surface area contributed by atoms with E-state index >= 15 is 0 Å². The third-order valence-electron chi connectivity index (χ3n) is 5.31. The zero-order valence-corrected chi connectivity index (χ0v) is 20.6. The summed E-state index contributed by atoms with van der Waals surface area (Å²) in [6.45, 7) is 8.07. The van der Waals surface area contributed by atoms with Gasteiger partial charge in [0.25, 0.3) is 5.91 Å². The van der Waals surface area contributed by atoms with E-state index in [4.69, 9.17) is 35.4 Å². The summed E-state index contributed by atoms with van der Waals surface area (Å²) in [7, 11) is 0. The molecule has 0 bridgehead atoms. The Morgan fingerprint density at radius 3 is 2.39 bits per heavy atom. The van der Waals surface area contributed by atoms with Gasteiger partial charge in [0, 0.05) is 17.1 Å². The van der Waals surface area contributed by atoms with E-state index in [0.29, 0.717) is 19.3 Å². The SMILES string of the molecule is Cc1ccc(N2C(=O)/C(=C\c3cc(C)n(-c4ccc(Cl)c(Cl)c4)c3C)SC2=S)c(C)c1. The van der Waals surface area contributed by atoms with Crippen LogP contribution in [0.3, 0.4) is 0 Å². The molecule has 4 rings (SSSR count). The summed E-state index contributed by atoms with van der Waals surface area (Å²) in [6.07, 6.45) is 1.92. The molecule has 1 aromatic heterocycles. The first-order chi connectivity index (χ1) is 14.7. The average Bonchev–Trinajstić information content (AvgIpc) is 3.13. The van der Waals surface area contributed by atoms with Gasteiger partial charge in [0.05, 0.1) is 20.6 Å². The Labute approximate surface area is 201 Å². The van der Waals surface area contributed by atoms with Crippen molar-refractivity contribution in [2.24, 2.45) is 0 Å². The minimum Gasteiger partial charge on any atom is -0.318 e. The molecule has 0 atom stereocenters. The van der Waals surface area contributed by atoms with Crippen molar-refractivity contribution in [1.82, 2.24) is 4.57 Å². The number of aromatic nitrogens is 1. The van der Waals surface area contributed by atoms with Crippen LogP contribution >= 0.6 is 47.2 Å². The fourth-order valence-corrected chi connectivity index (χ4v) is 5.40. The molecule has 0 unspecified atom stereocenters. The van der Waals surface area contributed by atoms with Crippen LogP contribution in [-0.2, 0) is 4.79 Å². The van der Waals surface area contributed by atoms with Crippen LogP contribution in [0, 0.1) is 27.7 Å². The van der Waals surface area contributed by atoms with Crippen LogP contribution < -0.4 is 4.90 Å². The van der Waals surface area contributed by atoms with Gasteiger partial charge < -0.3 is 4.57 Å². The van der Waals surface area contributed by atoms with Crippen molar-refractivity contribution in [2.75, 3.05) is 4.90 Å². The highest BCUT2D eigenvalue weighted by molar-refractivity contribution is 8.27. The Hall–Kier alpha value is -2.05. The second-order valence-corrected chi connectivity index (χ2v) is 10.1. The van der Waals surface area contributed by atoms with Crippen molar-refractivity contribution < 1.29 is 4.79 Å². The number of hydrogen-bond donors (Lipinski definition) is 0. The highest BCUT2D eigenvalue weighted by Crippen LogP contribution is 2.38. The lowest BCUT2D eigenvalue weighted by molar-refractivity contribution is -0.113. The number of halogens is 2. The van der Waals surface area contributed by atoms with E-state index in [2.05, 4.69) is 16.7 Å². The van der Waals surface area contributed by atoms with Crippen LogP contribution in [0.1, 0.15) is 28.1 Å². The molecule has 0 saturated carbocycles. The van der Waals surface area contributed by atoms with E-state index in [1.54, 1.807) is 11.0 Å². The second-order valence-electron chi connectivity index (χ2n) is 7.57. The van der Waals surface area contributed by atoms with Gasteiger partial charge in [0.2, 0.25) is 0 Å². The maximum Gasteiger partial charge on any atom is 0.270 e. The van der Waals surface area contributed by atoms with Crippen molar-refractivity contribution >= 4 is 69.2 Å². The van der Waals surface area contributed by atoms with Gasteiger partial charge in [-0.1, -0.05) is 64.9 Å². The molecular weight excluding hydrogens is 467 g/mol. The fraction of sp³-hybridized carbons (Fsp3) is 0.167. The lowest BCUT2D eigenvalue weighted by atomic mass is 10.1. The number of amides is 1. The van der Waals surface area contributed by atoms with E-state index in [9.17, 15) is 4.79 Å². The zero-order valence-electron chi connectivity index (χ0n) is 17.5. The van der Waals surface area contributed by atoms with Crippen molar-refractivity contribution in [3.8, 4) is 5.69 Å². The van der Waals surface area contributed by atoms with Gasteiger partial charge in [-0.15, -0.1) is 0 Å². The summed E-state index contributed by atoms with van der Waals surface area (Å²) in [6, 6.07) is 13.6. The predicted molar refractivity (Wildman–Crippen MR) is 137 cm³/mol. The first-order valence-corrected chi connectivity index (χ1v) is 11.6. The molecule has 1 saturated heterocycles. The highest BCUT2D eigenvalue weighted by Gasteiger charge is 2.34. The van der Waals surface area contributed by atoms with Crippen LogP contribution in [-0.4, -0.2) is 14.8 Å². The normalized spacial score (nSPS) is 15.4. The number of nitrogens with zero attached hydrogens (tertiary/aromatic N) is 2. The molecule has 3 aromatic rings. The molecule has 1 amide bonds. The third kappa shape index (κ3) is 4.08. The number of aryl methyl sites for hydroxylation is 3. The summed E-state index contributed by atoms with van der Waals surface area (Å²) in [5, 5.41) is 1.02. The maximum absolute atomic E-state index is 13.2. The van der Waals surface area contributed by atoms with Crippen LogP contribution in [0.5, 0.6) is 0 Å². The molecule has 0 N–H and O–H groups in total. The van der Waals surface area contributed by atoms with Gasteiger partial charge >= 0.3 is 0 Å². The molecule has 2 heterocycles. The molecule has 1 aliphatic rings.